The first kappa shape index (κ1) is 18.7. The van der Waals surface area contributed by atoms with E-state index in [1.807, 2.05) is 0 Å². The summed E-state index contributed by atoms with van der Waals surface area (Å²) in [7, 11) is 2.95. The molecule has 0 bridgehead atoms. The summed E-state index contributed by atoms with van der Waals surface area (Å²) >= 11 is 0. The van der Waals surface area contributed by atoms with Crippen molar-refractivity contribution in [3.63, 3.8) is 0 Å². The van der Waals surface area contributed by atoms with Gasteiger partial charge in [-0.2, -0.15) is 0 Å². The van der Waals surface area contributed by atoms with E-state index < -0.39 is 0 Å². The van der Waals surface area contributed by atoms with Gasteiger partial charge >= 0.3 is 0 Å². The van der Waals surface area contributed by atoms with Gasteiger partial charge in [0.05, 0.1) is 14.2 Å². The van der Waals surface area contributed by atoms with E-state index in [4.69, 9.17) is 36.1 Å². The normalized spacial score (nSPS) is 11.9. The number of rotatable bonds is 7. The highest BCUT2D eigenvalue weighted by Crippen LogP contribution is 2.39. The number of oxime groups is 2. The molecular weight excluding hydrogens is 340 g/mol. The number of hydrogen-bond donors (Lipinski definition) is 4. The molecule has 2 aromatic rings. The van der Waals surface area contributed by atoms with Gasteiger partial charge in [-0.25, -0.2) is 0 Å². The Hall–Kier alpha value is -3.62. The first-order valence-corrected chi connectivity index (χ1v) is 7.47. The fraction of sp³-hybridized carbons (Fsp3) is 0.176. The molecule has 0 unspecified atom stereocenters. The molecule has 0 fully saturated rings. The zero-order chi connectivity index (χ0) is 19.1. The van der Waals surface area contributed by atoms with Gasteiger partial charge in [0.2, 0.25) is 5.75 Å². The molecule has 0 saturated carbocycles. The summed E-state index contributed by atoms with van der Waals surface area (Å²) < 4.78 is 16.5. The Labute approximate surface area is 150 Å². The number of amidine groups is 2. The van der Waals surface area contributed by atoms with Crippen LogP contribution in [-0.4, -0.2) is 36.3 Å². The fourth-order valence-electron chi connectivity index (χ4n) is 2.21. The minimum absolute atomic E-state index is 0.0273. The average molecular weight is 360 g/mol. The van der Waals surface area contributed by atoms with Gasteiger partial charge in [-0.3, -0.25) is 0 Å². The van der Waals surface area contributed by atoms with E-state index >= 15 is 0 Å². The number of ether oxygens (including phenoxy) is 3. The first-order valence-electron chi connectivity index (χ1n) is 7.47. The van der Waals surface area contributed by atoms with E-state index in [1.54, 1.807) is 36.4 Å². The molecule has 0 amide bonds. The minimum Gasteiger partial charge on any atom is -0.493 e. The van der Waals surface area contributed by atoms with Crippen LogP contribution in [-0.2, 0) is 6.61 Å². The Kier molecular flexibility index (Phi) is 6.10. The molecular formula is C17H20N4O5. The molecule has 2 aromatic carbocycles. The van der Waals surface area contributed by atoms with Crippen LogP contribution in [0.25, 0.3) is 0 Å². The standard InChI is InChI=1S/C17H20N4O5/c1-24-13-7-12(17(19)21-23)8-14(25-2)15(13)26-9-10-3-5-11(6-4-10)16(18)20-22/h3-8,22-23H,9H2,1-2H3,(H2,18,20)(H2,19,21). The van der Waals surface area contributed by atoms with Crippen LogP contribution in [0, 0.1) is 0 Å². The lowest BCUT2D eigenvalue weighted by Crippen LogP contribution is -2.14. The van der Waals surface area contributed by atoms with Crippen molar-refractivity contribution in [1.29, 1.82) is 0 Å². The predicted molar refractivity (Wildman–Crippen MR) is 95.3 cm³/mol. The minimum atomic E-state index is -0.0770. The summed E-state index contributed by atoms with van der Waals surface area (Å²) in [6.07, 6.45) is 0. The van der Waals surface area contributed by atoms with Crippen LogP contribution in [0.1, 0.15) is 16.7 Å². The van der Waals surface area contributed by atoms with E-state index in [1.165, 1.54) is 14.2 Å². The van der Waals surface area contributed by atoms with Crippen molar-refractivity contribution in [1.82, 2.24) is 0 Å². The van der Waals surface area contributed by atoms with Gasteiger partial charge in [0.25, 0.3) is 0 Å². The van der Waals surface area contributed by atoms with Crippen molar-refractivity contribution in [2.24, 2.45) is 21.8 Å². The molecule has 0 aliphatic carbocycles. The number of nitrogens with two attached hydrogens (primary N) is 2. The molecule has 0 spiro atoms. The predicted octanol–water partition coefficient (Wildman–Crippen LogP) is 1.47. The second-order valence-electron chi connectivity index (χ2n) is 5.17. The molecule has 0 aromatic heterocycles. The first-order chi connectivity index (χ1) is 12.5. The van der Waals surface area contributed by atoms with Crippen LogP contribution >= 0.6 is 0 Å². The largest absolute Gasteiger partial charge is 0.493 e. The average Bonchev–Trinajstić information content (AvgIpc) is 2.70. The van der Waals surface area contributed by atoms with Crippen molar-refractivity contribution >= 4 is 11.7 Å². The molecule has 0 atom stereocenters. The summed E-state index contributed by atoms with van der Waals surface area (Å²) in [5, 5.41) is 23.4. The molecule has 6 N–H and O–H groups in total. The lowest BCUT2D eigenvalue weighted by molar-refractivity contribution is 0.266. The summed E-state index contributed by atoms with van der Waals surface area (Å²) in [5.74, 6) is 1.08. The zero-order valence-corrected chi connectivity index (χ0v) is 14.3. The zero-order valence-electron chi connectivity index (χ0n) is 14.3. The SMILES string of the molecule is COc1cc(/C(N)=N/O)cc(OC)c1OCc1ccc(/C(N)=N/O)cc1. The van der Waals surface area contributed by atoms with Crippen molar-refractivity contribution < 1.29 is 24.6 Å². The lowest BCUT2D eigenvalue weighted by Gasteiger charge is -2.16. The molecule has 0 aliphatic heterocycles. The van der Waals surface area contributed by atoms with Crippen LogP contribution in [0.3, 0.4) is 0 Å². The maximum absolute atomic E-state index is 8.83. The summed E-state index contributed by atoms with van der Waals surface area (Å²) in [4.78, 5) is 0. The number of benzene rings is 2. The van der Waals surface area contributed by atoms with E-state index in [0.717, 1.165) is 5.56 Å². The van der Waals surface area contributed by atoms with Gasteiger partial charge in [0.15, 0.2) is 23.2 Å². The molecule has 9 heteroatoms. The second-order valence-corrected chi connectivity index (χ2v) is 5.17. The highest BCUT2D eigenvalue weighted by Gasteiger charge is 2.16. The van der Waals surface area contributed by atoms with Crippen LogP contribution in [0.15, 0.2) is 46.7 Å². The Balaban J connectivity index is 2.25. The van der Waals surface area contributed by atoms with E-state index in [-0.39, 0.29) is 18.3 Å². The Morgan fingerprint density at radius 1 is 0.885 bits per heavy atom. The second kappa shape index (κ2) is 8.47. The molecule has 0 aliphatic rings. The van der Waals surface area contributed by atoms with Crippen molar-refractivity contribution in [2.45, 2.75) is 6.61 Å². The van der Waals surface area contributed by atoms with Gasteiger partial charge in [0.1, 0.15) is 6.61 Å². The molecule has 9 nitrogen and oxygen atoms in total. The van der Waals surface area contributed by atoms with Crippen LogP contribution in [0.4, 0.5) is 0 Å². The Morgan fingerprint density at radius 2 is 1.38 bits per heavy atom. The molecule has 0 radical (unpaired) electrons. The smallest absolute Gasteiger partial charge is 0.203 e. The van der Waals surface area contributed by atoms with Crippen LogP contribution in [0.5, 0.6) is 17.2 Å². The van der Waals surface area contributed by atoms with Gasteiger partial charge in [-0.1, -0.05) is 34.6 Å². The topological polar surface area (TPSA) is 145 Å². The molecule has 0 saturated heterocycles. The van der Waals surface area contributed by atoms with E-state index in [2.05, 4.69) is 10.3 Å². The van der Waals surface area contributed by atoms with Crippen LogP contribution in [0.2, 0.25) is 0 Å². The third-order valence-corrected chi connectivity index (χ3v) is 3.60. The Morgan fingerprint density at radius 3 is 1.85 bits per heavy atom. The fourth-order valence-corrected chi connectivity index (χ4v) is 2.21. The molecule has 2 rings (SSSR count). The van der Waals surface area contributed by atoms with E-state index in [9.17, 15) is 0 Å². The van der Waals surface area contributed by atoms with Crippen molar-refractivity contribution in [3.8, 4) is 17.2 Å². The van der Waals surface area contributed by atoms with Crippen molar-refractivity contribution in [3.05, 3.63) is 53.1 Å². The molecule has 26 heavy (non-hydrogen) atoms. The van der Waals surface area contributed by atoms with Crippen LogP contribution < -0.4 is 25.7 Å². The third-order valence-electron chi connectivity index (χ3n) is 3.60. The van der Waals surface area contributed by atoms with Crippen molar-refractivity contribution in [2.75, 3.05) is 14.2 Å². The van der Waals surface area contributed by atoms with E-state index in [0.29, 0.717) is 28.4 Å². The molecule has 0 heterocycles. The van der Waals surface area contributed by atoms with Gasteiger partial charge in [-0.05, 0) is 17.7 Å². The third kappa shape index (κ3) is 4.07. The Bertz CT molecular complexity index is 793. The quantitative estimate of drug-likeness (QED) is 0.253. The lowest BCUT2D eigenvalue weighted by atomic mass is 10.1. The monoisotopic (exact) mass is 360 g/mol. The number of hydrogen-bond acceptors (Lipinski definition) is 7. The summed E-state index contributed by atoms with van der Waals surface area (Å²) in [5.41, 5.74) is 13.0. The maximum atomic E-state index is 8.83. The highest BCUT2D eigenvalue weighted by molar-refractivity contribution is 5.98. The highest BCUT2D eigenvalue weighted by atomic mass is 16.5. The van der Waals surface area contributed by atoms with Gasteiger partial charge < -0.3 is 36.1 Å². The molecule has 138 valence electrons. The van der Waals surface area contributed by atoms with Gasteiger partial charge in [0, 0.05) is 11.1 Å². The number of nitrogens with zero attached hydrogens (tertiary/aromatic N) is 2. The van der Waals surface area contributed by atoms with Gasteiger partial charge in [-0.15, -0.1) is 0 Å². The summed E-state index contributed by atoms with van der Waals surface area (Å²) in [6, 6.07) is 10.2. The maximum Gasteiger partial charge on any atom is 0.203 e. The summed E-state index contributed by atoms with van der Waals surface area (Å²) in [6.45, 7) is 0.228. The number of methoxy groups -OCH3 is 2.